The average Bonchev–Trinajstić information content (AvgIpc) is 3.22. The highest BCUT2D eigenvalue weighted by Crippen LogP contribution is 2.53. The van der Waals surface area contributed by atoms with Crippen LogP contribution < -0.4 is 9.64 Å². The van der Waals surface area contributed by atoms with E-state index in [-0.39, 0.29) is 0 Å². The van der Waals surface area contributed by atoms with Gasteiger partial charge < -0.3 is 9.64 Å². The topological polar surface area (TPSA) is 51.1 Å². The van der Waals surface area contributed by atoms with Crippen LogP contribution in [-0.2, 0) is 0 Å². The second-order valence-corrected chi connectivity index (χ2v) is 12.8. The van der Waals surface area contributed by atoms with Crippen molar-refractivity contribution in [1.82, 2.24) is 15.0 Å². The maximum Gasteiger partial charge on any atom is 0.164 e. The minimum atomic E-state index is 0.611. The van der Waals surface area contributed by atoms with Crippen molar-refractivity contribution >= 4 is 38.6 Å². The Morgan fingerprint density at radius 1 is 0.404 bits per heavy atom. The molecule has 0 atom stereocenters. The number of anilines is 3. The van der Waals surface area contributed by atoms with E-state index in [2.05, 4.69) is 144 Å². The maximum absolute atomic E-state index is 6.93. The molecule has 244 valence electrons. The molecule has 0 unspecified atom stereocenters. The monoisotopic (exact) mass is 666 g/mol. The Balaban J connectivity index is 1.15. The lowest BCUT2D eigenvalue weighted by atomic mass is 9.91. The zero-order chi connectivity index (χ0) is 34.4. The van der Waals surface area contributed by atoms with Crippen LogP contribution in [0.4, 0.5) is 17.1 Å². The van der Waals surface area contributed by atoms with Gasteiger partial charge in [0.2, 0.25) is 0 Å². The number of nitrogens with zero attached hydrogens (tertiary/aromatic N) is 4. The predicted molar refractivity (Wildman–Crippen MR) is 211 cm³/mol. The first-order valence-corrected chi connectivity index (χ1v) is 17.4. The molecule has 0 N–H and O–H groups in total. The molecule has 0 amide bonds. The summed E-state index contributed by atoms with van der Waals surface area (Å²) in [5, 5.41) is 4.36. The largest absolute Gasteiger partial charge is 0.454 e. The lowest BCUT2D eigenvalue weighted by Crippen LogP contribution is -2.12. The van der Waals surface area contributed by atoms with Crippen molar-refractivity contribution in [3.05, 3.63) is 182 Å². The molecule has 1 aliphatic heterocycles. The first kappa shape index (κ1) is 29.8. The molecule has 0 radical (unpaired) electrons. The molecule has 0 bridgehead atoms. The fourth-order valence-electron chi connectivity index (χ4n) is 7.26. The van der Waals surface area contributed by atoms with E-state index in [0.29, 0.717) is 17.5 Å². The number of para-hydroxylation sites is 3. The van der Waals surface area contributed by atoms with Crippen molar-refractivity contribution in [2.45, 2.75) is 0 Å². The Kier molecular flexibility index (Phi) is 7.07. The van der Waals surface area contributed by atoms with Crippen molar-refractivity contribution in [2.75, 3.05) is 4.90 Å². The van der Waals surface area contributed by atoms with Gasteiger partial charge in [0.25, 0.3) is 0 Å². The van der Waals surface area contributed by atoms with Crippen molar-refractivity contribution in [1.29, 1.82) is 0 Å². The highest BCUT2D eigenvalue weighted by molar-refractivity contribution is 6.10. The van der Waals surface area contributed by atoms with Crippen molar-refractivity contribution in [2.24, 2.45) is 0 Å². The molecule has 10 rings (SSSR count). The number of hydrogen-bond donors (Lipinski definition) is 0. The summed E-state index contributed by atoms with van der Waals surface area (Å²) < 4.78 is 6.93. The number of benzene rings is 8. The Hall–Kier alpha value is -7.11. The molecule has 2 heterocycles. The summed E-state index contributed by atoms with van der Waals surface area (Å²) in [6.45, 7) is 0. The maximum atomic E-state index is 6.93. The molecule has 0 spiro atoms. The van der Waals surface area contributed by atoms with Gasteiger partial charge in [-0.25, -0.2) is 15.0 Å². The van der Waals surface area contributed by atoms with Gasteiger partial charge >= 0.3 is 0 Å². The van der Waals surface area contributed by atoms with Crippen LogP contribution in [-0.4, -0.2) is 15.0 Å². The van der Waals surface area contributed by atoms with Crippen molar-refractivity contribution in [3.8, 4) is 56.8 Å². The van der Waals surface area contributed by atoms with E-state index < -0.39 is 0 Å². The van der Waals surface area contributed by atoms with Crippen LogP contribution in [0.5, 0.6) is 11.5 Å². The summed E-state index contributed by atoms with van der Waals surface area (Å²) in [5.74, 6) is 3.47. The zero-order valence-electron chi connectivity index (χ0n) is 28.0. The predicted octanol–water partition coefficient (Wildman–Crippen LogP) is 12.4. The lowest BCUT2D eigenvalue weighted by Gasteiger charge is -2.30. The fraction of sp³-hybridized carbons (Fsp3) is 0. The van der Waals surface area contributed by atoms with E-state index in [9.17, 15) is 0 Å². The molecule has 5 nitrogen and oxygen atoms in total. The van der Waals surface area contributed by atoms with Crippen LogP contribution >= 0.6 is 0 Å². The average molecular weight is 667 g/mol. The van der Waals surface area contributed by atoms with E-state index >= 15 is 0 Å². The molecule has 1 aromatic heterocycles. The Bertz CT molecular complexity index is 2730. The Labute approximate surface area is 301 Å². The fourth-order valence-corrected chi connectivity index (χ4v) is 7.26. The number of fused-ring (bicyclic) bond motifs is 3. The molecule has 5 heteroatoms. The number of ether oxygens (including phenoxy) is 1. The standard InChI is InChI=1S/C47H30N4O/c1-4-15-32(16-5-1)45-48-46(34-27-26-31-14-10-11-17-33(31)30-34)50-47(49-45)40-28-29-42-43-37(22-12-23-38(40)43)39-24-13-25-41(44(39)52-42)51(35-18-6-2-7-19-35)36-20-8-3-9-21-36/h1-30H. The zero-order valence-corrected chi connectivity index (χ0v) is 28.0. The molecule has 9 aromatic rings. The van der Waals surface area contributed by atoms with Gasteiger partial charge in [-0.3, -0.25) is 0 Å². The van der Waals surface area contributed by atoms with Gasteiger partial charge in [-0.05, 0) is 70.3 Å². The van der Waals surface area contributed by atoms with Crippen molar-refractivity contribution < 1.29 is 4.74 Å². The molecule has 0 saturated heterocycles. The Morgan fingerprint density at radius 3 is 1.77 bits per heavy atom. The minimum absolute atomic E-state index is 0.611. The van der Waals surface area contributed by atoms with Gasteiger partial charge in [0, 0.05) is 39.0 Å². The summed E-state index contributed by atoms with van der Waals surface area (Å²) in [6, 6.07) is 62.6. The quantitative estimate of drug-likeness (QED) is 0.177. The molecular formula is C47H30N4O. The summed E-state index contributed by atoms with van der Waals surface area (Å²) in [4.78, 5) is 17.5. The summed E-state index contributed by atoms with van der Waals surface area (Å²) in [6.07, 6.45) is 0. The number of hydrogen-bond acceptors (Lipinski definition) is 5. The minimum Gasteiger partial charge on any atom is -0.454 e. The molecule has 0 saturated carbocycles. The van der Waals surface area contributed by atoms with Gasteiger partial charge in [0.1, 0.15) is 5.75 Å². The van der Waals surface area contributed by atoms with E-state index in [4.69, 9.17) is 19.7 Å². The van der Waals surface area contributed by atoms with Crippen LogP contribution in [0, 0.1) is 0 Å². The summed E-state index contributed by atoms with van der Waals surface area (Å²) >= 11 is 0. The molecule has 0 fully saturated rings. The van der Waals surface area contributed by atoms with Gasteiger partial charge in [-0.2, -0.15) is 0 Å². The van der Waals surface area contributed by atoms with Gasteiger partial charge in [0.15, 0.2) is 23.2 Å². The highest BCUT2D eigenvalue weighted by atomic mass is 16.5. The number of rotatable bonds is 6. The SMILES string of the molecule is c1ccc(-c2nc(-c3ccc4ccccc4c3)nc(-c3ccc4c5c(cccc35)-c3cccc(N(c5ccccc5)c5ccccc5)c3O4)n2)cc1. The second kappa shape index (κ2) is 12.3. The normalized spacial score (nSPS) is 11.6. The molecule has 52 heavy (non-hydrogen) atoms. The van der Waals surface area contributed by atoms with Crippen LogP contribution in [0.1, 0.15) is 0 Å². The summed E-state index contributed by atoms with van der Waals surface area (Å²) in [5.41, 5.74) is 7.99. The first-order chi connectivity index (χ1) is 25.8. The van der Waals surface area contributed by atoms with Crippen LogP contribution in [0.2, 0.25) is 0 Å². The van der Waals surface area contributed by atoms with Crippen LogP contribution in [0.15, 0.2) is 182 Å². The van der Waals surface area contributed by atoms with Gasteiger partial charge in [0.05, 0.1) is 5.69 Å². The lowest BCUT2D eigenvalue weighted by molar-refractivity contribution is 0.488. The third kappa shape index (κ3) is 5.07. The van der Waals surface area contributed by atoms with E-state index in [0.717, 1.165) is 72.5 Å². The molecule has 0 aliphatic carbocycles. The third-order valence-electron chi connectivity index (χ3n) is 9.68. The smallest absolute Gasteiger partial charge is 0.164 e. The molecule has 1 aliphatic rings. The van der Waals surface area contributed by atoms with Gasteiger partial charge in [-0.1, -0.05) is 133 Å². The van der Waals surface area contributed by atoms with E-state index in [1.807, 2.05) is 42.5 Å². The van der Waals surface area contributed by atoms with Gasteiger partial charge in [-0.15, -0.1) is 0 Å². The highest BCUT2D eigenvalue weighted by Gasteiger charge is 2.27. The summed E-state index contributed by atoms with van der Waals surface area (Å²) in [7, 11) is 0. The molecule has 8 aromatic carbocycles. The Morgan fingerprint density at radius 2 is 1.02 bits per heavy atom. The third-order valence-corrected chi connectivity index (χ3v) is 9.68. The molecular weight excluding hydrogens is 637 g/mol. The second-order valence-electron chi connectivity index (χ2n) is 12.8. The van der Waals surface area contributed by atoms with E-state index in [1.54, 1.807) is 0 Å². The first-order valence-electron chi connectivity index (χ1n) is 17.4. The van der Waals surface area contributed by atoms with Crippen LogP contribution in [0.3, 0.4) is 0 Å². The van der Waals surface area contributed by atoms with E-state index in [1.165, 1.54) is 5.39 Å². The van der Waals surface area contributed by atoms with Crippen LogP contribution in [0.25, 0.3) is 66.8 Å². The number of aromatic nitrogens is 3. The van der Waals surface area contributed by atoms with Crippen molar-refractivity contribution in [3.63, 3.8) is 0 Å².